The van der Waals surface area contributed by atoms with Gasteiger partial charge in [0.2, 0.25) is 0 Å². The van der Waals surface area contributed by atoms with Crippen molar-refractivity contribution < 1.29 is 8.78 Å². The van der Waals surface area contributed by atoms with Crippen molar-refractivity contribution in [3.8, 4) is 0 Å². The number of rotatable bonds is 6. The Kier molecular flexibility index (Phi) is 7.62. The molecule has 0 rings (SSSR count). The molecule has 76 valence electrons. The fraction of sp³-hybridized carbons (Fsp3) is 0.727. The summed E-state index contributed by atoms with van der Waals surface area (Å²) >= 11 is 0. The lowest BCUT2D eigenvalue weighted by atomic mass is 10.1. The molecule has 0 fully saturated rings. The van der Waals surface area contributed by atoms with Crippen LogP contribution in [0.2, 0.25) is 0 Å². The molecule has 0 aromatic carbocycles. The van der Waals surface area contributed by atoms with E-state index in [1.54, 1.807) is 0 Å². The molecule has 0 aromatic heterocycles. The van der Waals surface area contributed by atoms with Crippen molar-refractivity contribution in [1.82, 2.24) is 0 Å². The third-order valence-electron chi connectivity index (χ3n) is 2.03. The smallest absolute Gasteiger partial charge is 0.164 e. The number of hydrogen-bond donors (Lipinski definition) is 0. The number of allylic oxidation sites excluding steroid dienone is 1. The predicted molar refractivity (Wildman–Crippen MR) is 51.8 cm³/mol. The van der Waals surface area contributed by atoms with E-state index in [0.717, 1.165) is 24.8 Å². The average Bonchev–Trinajstić information content (AvgIpc) is 2.09. The van der Waals surface area contributed by atoms with Crippen LogP contribution in [0.25, 0.3) is 0 Å². The fourth-order valence-electron chi connectivity index (χ4n) is 1.23. The number of hydrogen-bond acceptors (Lipinski definition) is 0. The second-order valence-electron chi connectivity index (χ2n) is 3.15. The van der Waals surface area contributed by atoms with E-state index in [2.05, 4.69) is 12.7 Å². The molecule has 0 aliphatic carbocycles. The maximum atomic E-state index is 11.8. The Labute approximate surface area is 79.3 Å². The van der Waals surface area contributed by atoms with Crippen molar-refractivity contribution in [3.05, 3.63) is 17.4 Å². The minimum Gasteiger partial charge on any atom is -0.164 e. The van der Waals surface area contributed by atoms with Crippen molar-refractivity contribution in [1.29, 1.82) is 0 Å². The van der Waals surface area contributed by atoms with Crippen LogP contribution >= 0.6 is 0 Å². The molecule has 0 aliphatic rings. The molecule has 0 saturated heterocycles. The SMILES string of the molecule is CCCCCCC(=C=C(F)F)CC. The minimum atomic E-state index is -1.69. The zero-order valence-corrected chi connectivity index (χ0v) is 8.50. The summed E-state index contributed by atoms with van der Waals surface area (Å²) in [6, 6.07) is 0. The Morgan fingerprint density at radius 2 is 1.77 bits per heavy atom. The van der Waals surface area contributed by atoms with Crippen LogP contribution in [0.1, 0.15) is 52.4 Å². The highest BCUT2D eigenvalue weighted by Crippen LogP contribution is 2.13. The highest BCUT2D eigenvalue weighted by atomic mass is 19.3. The summed E-state index contributed by atoms with van der Waals surface area (Å²) in [4.78, 5) is 0. The van der Waals surface area contributed by atoms with Gasteiger partial charge in [0.25, 0.3) is 0 Å². The first-order valence-electron chi connectivity index (χ1n) is 5.00. The standard InChI is InChI=1S/C11H18F2/c1-3-5-6-7-8-10(4-2)9-11(12)13/h3-8H2,1-2H3. The number of unbranched alkanes of at least 4 members (excludes halogenated alkanes) is 3. The number of halogens is 2. The average molecular weight is 188 g/mol. The third-order valence-corrected chi connectivity index (χ3v) is 2.03. The summed E-state index contributed by atoms with van der Waals surface area (Å²) in [5.41, 5.74) is 2.85. The molecule has 0 atom stereocenters. The summed E-state index contributed by atoms with van der Waals surface area (Å²) in [6.45, 7) is 4.03. The summed E-state index contributed by atoms with van der Waals surface area (Å²) in [7, 11) is 0. The molecular weight excluding hydrogens is 170 g/mol. The lowest BCUT2D eigenvalue weighted by Crippen LogP contribution is -1.81. The van der Waals surface area contributed by atoms with Crippen LogP contribution < -0.4 is 0 Å². The van der Waals surface area contributed by atoms with E-state index in [4.69, 9.17) is 0 Å². The Morgan fingerprint density at radius 1 is 1.08 bits per heavy atom. The first-order chi connectivity index (χ1) is 6.20. The normalized spacial score (nSPS) is 9.54. The van der Waals surface area contributed by atoms with E-state index < -0.39 is 6.08 Å². The Hall–Kier alpha value is -0.620. The van der Waals surface area contributed by atoms with Gasteiger partial charge in [-0.25, -0.2) is 0 Å². The molecule has 0 aliphatic heterocycles. The van der Waals surface area contributed by atoms with Crippen molar-refractivity contribution in [3.63, 3.8) is 0 Å². The maximum absolute atomic E-state index is 11.8. The van der Waals surface area contributed by atoms with Crippen LogP contribution in [0.15, 0.2) is 17.4 Å². The maximum Gasteiger partial charge on any atom is 0.313 e. The molecule has 0 unspecified atom stereocenters. The van der Waals surface area contributed by atoms with Crippen LogP contribution in [0, 0.1) is 0 Å². The van der Waals surface area contributed by atoms with Gasteiger partial charge in [0.05, 0.1) is 0 Å². The van der Waals surface area contributed by atoms with Crippen molar-refractivity contribution in [2.24, 2.45) is 0 Å². The van der Waals surface area contributed by atoms with Gasteiger partial charge >= 0.3 is 6.08 Å². The Morgan fingerprint density at radius 3 is 2.23 bits per heavy atom. The van der Waals surface area contributed by atoms with Crippen molar-refractivity contribution >= 4 is 0 Å². The second-order valence-corrected chi connectivity index (χ2v) is 3.15. The van der Waals surface area contributed by atoms with Crippen LogP contribution in [0.4, 0.5) is 8.78 Å². The topological polar surface area (TPSA) is 0 Å². The van der Waals surface area contributed by atoms with Gasteiger partial charge in [-0.15, -0.1) is 0 Å². The highest BCUT2D eigenvalue weighted by Gasteiger charge is 1.95. The van der Waals surface area contributed by atoms with Gasteiger partial charge in [-0.05, 0) is 24.8 Å². The minimum absolute atomic E-state index is 0.684. The largest absolute Gasteiger partial charge is 0.313 e. The molecule has 0 saturated carbocycles. The van der Waals surface area contributed by atoms with E-state index in [1.807, 2.05) is 6.92 Å². The van der Waals surface area contributed by atoms with Crippen LogP contribution in [-0.4, -0.2) is 0 Å². The first-order valence-corrected chi connectivity index (χ1v) is 5.00. The highest BCUT2D eigenvalue weighted by molar-refractivity contribution is 5.01. The zero-order chi connectivity index (χ0) is 10.1. The van der Waals surface area contributed by atoms with E-state index in [1.165, 1.54) is 12.8 Å². The Balaban J connectivity index is 3.81. The summed E-state index contributed by atoms with van der Waals surface area (Å²) in [5.74, 6) is 0. The fourth-order valence-corrected chi connectivity index (χ4v) is 1.23. The van der Waals surface area contributed by atoms with Gasteiger partial charge in [-0.3, -0.25) is 0 Å². The van der Waals surface area contributed by atoms with Crippen LogP contribution in [-0.2, 0) is 0 Å². The van der Waals surface area contributed by atoms with E-state index >= 15 is 0 Å². The Bertz CT molecular complexity index is 184. The second kappa shape index (κ2) is 8.00. The molecule has 0 nitrogen and oxygen atoms in total. The summed E-state index contributed by atoms with van der Waals surface area (Å²) in [6.07, 6.45) is 4.29. The molecule has 0 aromatic rings. The molecule has 0 radical (unpaired) electrons. The van der Waals surface area contributed by atoms with Gasteiger partial charge in [0, 0.05) is 0 Å². The van der Waals surface area contributed by atoms with Crippen LogP contribution in [0.5, 0.6) is 0 Å². The monoisotopic (exact) mass is 188 g/mol. The van der Waals surface area contributed by atoms with Gasteiger partial charge < -0.3 is 0 Å². The van der Waals surface area contributed by atoms with E-state index in [0.29, 0.717) is 6.42 Å². The molecule has 13 heavy (non-hydrogen) atoms. The van der Waals surface area contributed by atoms with Gasteiger partial charge in [-0.1, -0.05) is 38.8 Å². The van der Waals surface area contributed by atoms with Crippen LogP contribution in [0.3, 0.4) is 0 Å². The van der Waals surface area contributed by atoms with E-state index in [9.17, 15) is 8.78 Å². The summed E-state index contributed by atoms with van der Waals surface area (Å²) < 4.78 is 23.7. The lowest BCUT2D eigenvalue weighted by molar-refractivity contribution is 0.423. The summed E-state index contributed by atoms with van der Waals surface area (Å²) in [5, 5.41) is 0. The zero-order valence-electron chi connectivity index (χ0n) is 8.50. The first kappa shape index (κ1) is 12.4. The molecule has 2 heteroatoms. The van der Waals surface area contributed by atoms with Gasteiger partial charge in [0.1, 0.15) is 0 Å². The van der Waals surface area contributed by atoms with E-state index in [-0.39, 0.29) is 0 Å². The molecule has 0 spiro atoms. The molecule has 0 N–H and O–H groups in total. The van der Waals surface area contributed by atoms with Gasteiger partial charge in [-0.2, -0.15) is 8.78 Å². The quantitative estimate of drug-likeness (QED) is 0.419. The molecule has 0 amide bonds. The van der Waals surface area contributed by atoms with Crippen molar-refractivity contribution in [2.45, 2.75) is 52.4 Å². The molecule has 0 heterocycles. The molecule has 0 bridgehead atoms. The predicted octanol–water partition coefficient (Wildman–Crippen LogP) is 4.67. The lowest BCUT2D eigenvalue weighted by Gasteiger charge is -2.00. The molecular formula is C11H18F2. The third kappa shape index (κ3) is 7.73. The van der Waals surface area contributed by atoms with Crippen molar-refractivity contribution in [2.75, 3.05) is 0 Å². The van der Waals surface area contributed by atoms with Gasteiger partial charge in [0.15, 0.2) is 0 Å².